The average Bonchev–Trinajstić information content (AvgIpc) is 3.55. The molecule has 0 aromatic heterocycles. The van der Waals surface area contributed by atoms with Gasteiger partial charge in [-0.15, -0.1) is 0 Å². The van der Waals surface area contributed by atoms with Gasteiger partial charge in [-0.1, -0.05) is 6.07 Å². The van der Waals surface area contributed by atoms with E-state index in [4.69, 9.17) is 28.4 Å². The van der Waals surface area contributed by atoms with Gasteiger partial charge in [0.15, 0.2) is 0 Å². The fourth-order valence-corrected chi connectivity index (χ4v) is 3.62. The van der Waals surface area contributed by atoms with E-state index >= 15 is 0 Å². The molecule has 4 saturated heterocycles. The Morgan fingerprint density at radius 3 is 1.96 bits per heavy atom. The summed E-state index contributed by atoms with van der Waals surface area (Å²) in [4.78, 5) is 0. The van der Waals surface area contributed by atoms with Gasteiger partial charge in [0, 0.05) is 18.4 Å². The highest BCUT2D eigenvalue weighted by Crippen LogP contribution is 2.37. The van der Waals surface area contributed by atoms with Crippen molar-refractivity contribution in [1.82, 2.24) is 0 Å². The Labute approximate surface area is 163 Å². The van der Waals surface area contributed by atoms with Crippen molar-refractivity contribution in [2.75, 3.05) is 39.6 Å². The molecule has 4 unspecified atom stereocenters. The Kier molecular flexibility index (Phi) is 4.19. The Morgan fingerprint density at radius 1 is 0.714 bits per heavy atom. The third-order valence-electron chi connectivity index (χ3n) is 5.61. The van der Waals surface area contributed by atoms with Gasteiger partial charge in [0.2, 0.25) is 0 Å². The maximum absolute atomic E-state index is 6.10. The van der Waals surface area contributed by atoms with Gasteiger partial charge in [0.25, 0.3) is 0 Å². The number of ether oxygens (including phenoxy) is 6. The second-order valence-electron chi connectivity index (χ2n) is 8.07. The molecule has 148 valence electrons. The van der Waals surface area contributed by atoms with Crippen LogP contribution in [-0.4, -0.2) is 64.1 Å². The number of fused-ring (bicyclic) bond motifs is 1. The minimum absolute atomic E-state index is 0.240. The molecule has 0 saturated carbocycles. The zero-order valence-corrected chi connectivity index (χ0v) is 15.7. The Morgan fingerprint density at radius 2 is 1.32 bits per heavy atom. The zero-order chi connectivity index (χ0) is 18.5. The van der Waals surface area contributed by atoms with Gasteiger partial charge in [0.1, 0.15) is 36.9 Å². The molecule has 0 radical (unpaired) electrons. The molecule has 6 rings (SSSR count). The van der Waals surface area contributed by atoms with Crippen LogP contribution in [0.4, 0.5) is 0 Å². The van der Waals surface area contributed by atoms with Crippen molar-refractivity contribution in [2.24, 2.45) is 0 Å². The third kappa shape index (κ3) is 3.96. The molecule has 4 aliphatic rings. The van der Waals surface area contributed by atoms with Crippen molar-refractivity contribution >= 4 is 10.8 Å². The first-order valence-electron chi connectivity index (χ1n) is 10.1. The van der Waals surface area contributed by atoms with Crippen molar-refractivity contribution < 1.29 is 28.4 Å². The molecule has 4 aliphatic heterocycles. The summed E-state index contributed by atoms with van der Waals surface area (Å²) in [5.41, 5.74) is 2.41. The summed E-state index contributed by atoms with van der Waals surface area (Å²) in [6.07, 6.45) is 2.82. The molecule has 28 heavy (non-hydrogen) atoms. The van der Waals surface area contributed by atoms with E-state index < -0.39 is 0 Å². The van der Waals surface area contributed by atoms with Gasteiger partial charge >= 0.3 is 0 Å². The SMILES string of the molecule is c1cc2cc(OCC3CO3)c(CC3CO3)cc2c(CC2CO2)c1OCC1CO1. The van der Waals surface area contributed by atoms with Crippen LogP contribution in [0.3, 0.4) is 0 Å². The predicted molar refractivity (Wildman–Crippen MR) is 101 cm³/mol. The van der Waals surface area contributed by atoms with Gasteiger partial charge in [-0.05, 0) is 34.5 Å². The summed E-state index contributed by atoms with van der Waals surface area (Å²) in [5.74, 6) is 1.87. The van der Waals surface area contributed by atoms with Crippen molar-refractivity contribution in [2.45, 2.75) is 37.3 Å². The Hall–Kier alpha value is -1.86. The fourth-order valence-electron chi connectivity index (χ4n) is 3.62. The summed E-state index contributed by atoms with van der Waals surface area (Å²) >= 11 is 0. The number of benzene rings is 2. The second kappa shape index (κ2) is 6.88. The Bertz CT molecular complexity index is 866. The van der Waals surface area contributed by atoms with Crippen LogP contribution < -0.4 is 9.47 Å². The highest BCUT2D eigenvalue weighted by Gasteiger charge is 2.30. The van der Waals surface area contributed by atoms with Crippen LogP contribution in [0, 0.1) is 0 Å². The van der Waals surface area contributed by atoms with Gasteiger partial charge in [-0.2, -0.15) is 0 Å². The van der Waals surface area contributed by atoms with Crippen molar-refractivity contribution in [3.8, 4) is 11.5 Å². The van der Waals surface area contributed by atoms with Crippen molar-refractivity contribution in [1.29, 1.82) is 0 Å². The Balaban J connectivity index is 1.37. The van der Waals surface area contributed by atoms with Crippen LogP contribution in [0.15, 0.2) is 24.3 Å². The molecule has 6 nitrogen and oxygen atoms in total. The highest BCUT2D eigenvalue weighted by molar-refractivity contribution is 5.90. The number of rotatable bonds is 10. The molecule has 6 heteroatoms. The van der Waals surface area contributed by atoms with Crippen molar-refractivity contribution in [3.63, 3.8) is 0 Å². The lowest BCUT2D eigenvalue weighted by atomic mass is 9.96. The predicted octanol–water partition coefficient (Wildman–Crippen LogP) is 2.28. The number of hydrogen-bond donors (Lipinski definition) is 0. The summed E-state index contributed by atoms with van der Waals surface area (Å²) in [7, 11) is 0. The second-order valence-corrected chi connectivity index (χ2v) is 8.07. The molecule has 4 heterocycles. The molecule has 0 amide bonds. The van der Waals surface area contributed by atoms with Crippen LogP contribution in [0.25, 0.3) is 10.8 Å². The molecule has 4 fully saturated rings. The topological polar surface area (TPSA) is 68.6 Å². The average molecular weight is 384 g/mol. The molecule has 2 aromatic rings. The molecular weight excluding hydrogens is 360 g/mol. The van der Waals surface area contributed by atoms with Crippen LogP contribution in [0.1, 0.15) is 11.1 Å². The third-order valence-corrected chi connectivity index (χ3v) is 5.61. The van der Waals surface area contributed by atoms with Crippen LogP contribution in [0.2, 0.25) is 0 Å². The first kappa shape index (κ1) is 17.0. The maximum atomic E-state index is 6.10. The molecule has 2 aromatic carbocycles. The summed E-state index contributed by atoms with van der Waals surface area (Å²) < 4.78 is 33.8. The fraction of sp³-hybridized carbons (Fsp3) is 0.545. The molecule has 0 aliphatic carbocycles. The minimum atomic E-state index is 0.240. The molecule has 0 N–H and O–H groups in total. The van der Waals surface area contributed by atoms with Gasteiger partial charge < -0.3 is 28.4 Å². The van der Waals surface area contributed by atoms with E-state index in [9.17, 15) is 0 Å². The smallest absolute Gasteiger partial charge is 0.123 e. The van der Waals surface area contributed by atoms with Crippen molar-refractivity contribution in [3.05, 3.63) is 35.4 Å². The monoisotopic (exact) mass is 384 g/mol. The van der Waals surface area contributed by atoms with E-state index in [2.05, 4.69) is 24.3 Å². The summed E-state index contributed by atoms with van der Waals surface area (Å²) in [5, 5.41) is 2.38. The molecular formula is C22H24O6. The van der Waals surface area contributed by atoms with Gasteiger partial charge in [-0.3, -0.25) is 0 Å². The van der Waals surface area contributed by atoms with Crippen LogP contribution >= 0.6 is 0 Å². The zero-order valence-electron chi connectivity index (χ0n) is 15.7. The molecule has 0 spiro atoms. The lowest BCUT2D eigenvalue weighted by molar-refractivity contribution is 0.260. The highest BCUT2D eigenvalue weighted by atomic mass is 16.6. The van der Waals surface area contributed by atoms with E-state index in [1.807, 2.05) is 0 Å². The van der Waals surface area contributed by atoms with Gasteiger partial charge in [0.05, 0.1) is 38.6 Å². The normalized spacial score (nSPS) is 29.6. The van der Waals surface area contributed by atoms with E-state index in [-0.39, 0.29) is 12.2 Å². The van der Waals surface area contributed by atoms with E-state index in [0.29, 0.717) is 25.4 Å². The quantitative estimate of drug-likeness (QED) is 0.586. The van der Waals surface area contributed by atoms with E-state index in [0.717, 1.165) is 56.2 Å². The first-order valence-corrected chi connectivity index (χ1v) is 10.1. The lowest BCUT2D eigenvalue weighted by Crippen LogP contribution is -2.09. The van der Waals surface area contributed by atoms with Crippen LogP contribution in [0.5, 0.6) is 11.5 Å². The van der Waals surface area contributed by atoms with E-state index in [1.165, 1.54) is 16.5 Å². The standard InChI is InChI=1S/C22H24O6/c1-2-21(27-11-17-9-25-17)20(6-16-8-24-16)19-4-14(3-15-7-23-15)22(5-13(1)19)28-12-18-10-26-18/h1-2,4-5,15-18H,3,6-12H2. The summed E-state index contributed by atoms with van der Waals surface area (Å²) in [6, 6.07) is 8.60. The first-order chi connectivity index (χ1) is 13.8. The van der Waals surface area contributed by atoms with Gasteiger partial charge in [-0.25, -0.2) is 0 Å². The number of hydrogen-bond acceptors (Lipinski definition) is 6. The van der Waals surface area contributed by atoms with Crippen LogP contribution in [-0.2, 0) is 31.8 Å². The largest absolute Gasteiger partial charge is 0.490 e. The maximum Gasteiger partial charge on any atom is 0.123 e. The van der Waals surface area contributed by atoms with E-state index in [1.54, 1.807) is 0 Å². The lowest BCUT2D eigenvalue weighted by Gasteiger charge is -2.17. The summed E-state index contributed by atoms with van der Waals surface area (Å²) in [6.45, 7) is 4.46. The molecule has 4 atom stereocenters. The minimum Gasteiger partial charge on any atom is -0.490 e. The molecule has 0 bridgehead atoms. The number of epoxide rings is 4.